The molecule has 1 spiro atoms. The third-order valence-electron chi connectivity index (χ3n) is 10.9. The Kier molecular flexibility index (Phi) is 8.31. The topological polar surface area (TPSA) is 92.8 Å². The molecule has 2 aliphatic heterocycles. The largest absolute Gasteiger partial charge is 0.490 e. The number of aldehydes is 1. The van der Waals surface area contributed by atoms with Gasteiger partial charge in [0.05, 0.1) is 17.5 Å². The van der Waals surface area contributed by atoms with Gasteiger partial charge in [-0.2, -0.15) is 0 Å². The molecule has 43 heavy (non-hydrogen) atoms. The highest BCUT2D eigenvalue weighted by Crippen LogP contribution is 2.53. The van der Waals surface area contributed by atoms with E-state index >= 15 is 0 Å². The molecule has 232 valence electrons. The van der Waals surface area contributed by atoms with Crippen LogP contribution in [0.2, 0.25) is 5.02 Å². The number of benzene rings is 2. The van der Waals surface area contributed by atoms with Crippen LogP contribution in [0.3, 0.4) is 0 Å². The zero-order valence-corrected chi connectivity index (χ0v) is 26.8. The molecule has 2 aliphatic carbocycles. The van der Waals surface area contributed by atoms with Crippen molar-refractivity contribution in [1.82, 2.24) is 4.72 Å². The van der Waals surface area contributed by atoms with Crippen molar-refractivity contribution in [3.8, 4) is 5.75 Å². The van der Waals surface area contributed by atoms with E-state index < -0.39 is 21.2 Å². The predicted molar refractivity (Wildman–Crippen MR) is 170 cm³/mol. The minimum absolute atomic E-state index is 0.0522. The fourth-order valence-corrected chi connectivity index (χ4v) is 10.0. The van der Waals surface area contributed by atoms with Crippen LogP contribution in [0.15, 0.2) is 36.4 Å². The molecule has 0 radical (unpaired) electrons. The second kappa shape index (κ2) is 11.7. The number of nitrogens with zero attached hydrogens (tertiary/aromatic N) is 1. The smallest absolute Gasteiger partial charge is 0.264 e. The average molecular weight is 627 g/mol. The van der Waals surface area contributed by atoms with E-state index in [9.17, 15) is 18.0 Å². The Morgan fingerprint density at radius 3 is 2.63 bits per heavy atom. The van der Waals surface area contributed by atoms with E-state index in [4.69, 9.17) is 16.3 Å². The Labute approximate surface area is 260 Å². The van der Waals surface area contributed by atoms with Gasteiger partial charge >= 0.3 is 0 Å². The van der Waals surface area contributed by atoms with Crippen LogP contribution >= 0.6 is 11.6 Å². The Hall–Kier alpha value is -2.58. The molecule has 1 amide bonds. The molecule has 2 heterocycles. The van der Waals surface area contributed by atoms with E-state index in [0.717, 1.165) is 68.5 Å². The van der Waals surface area contributed by atoms with E-state index in [0.29, 0.717) is 43.7 Å². The molecular formula is C34H43ClN2O5S. The SMILES string of the molecule is CC[C@@H]1CCCCC(C=O)[C@@H]2CCC2(C)CN2C[C@@]3(CCCc4cc(Cl)ccc43)COc3ccc(cc32)C(=O)NS1(=O)=O. The molecule has 7 nitrogen and oxygen atoms in total. The van der Waals surface area contributed by atoms with Crippen LogP contribution in [-0.4, -0.2) is 45.6 Å². The van der Waals surface area contributed by atoms with Gasteiger partial charge in [-0.05, 0) is 104 Å². The lowest BCUT2D eigenvalue weighted by Gasteiger charge is -2.53. The molecule has 4 aliphatic rings. The number of halogens is 1. The summed E-state index contributed by atoms with van der Waals surface area (Å²) in [5.74, 6) is 0.287. The number of carbonyl (C=O) groups is 2. The summed E-state index contributed by atoms with van der Waals surface area (Å²) in [4.78, 5) is 28.2. The molecule has 2 bridgehead atoms. The molecule has 2 unspecified atom stereocenters. The van der Waals surface area contributed by atoms with Gasteiger partial charge < -0.3 is 14.4 Å². The second-order valence-corrected chi connectivity index (χ2v) is 16.0. The fourth-order valence-electron chi connectivity index (χ4n) is 8.37. The summed E-state index contributed by atoms with van der Waals surface area (Å²) in [6.07, 6.45) is 9.29. The van der Waals surface area contributed by atoms with Crippen LogP contribution in [0, 0.1) is 17.3 Å². The number of amides is 1. The summed E-state index contributed by atoms with van der Waals surface area (Å²) in [5.41, 5.74) is 3.28. The van der Waals surface area contributed by atoms with Crippen LogP contribution in [-0.2, 0) is 26.7 Å². The highest BCUT2D eigenvalue weighted by Gasteiger charge is 2.50. The summed E-state index contributed by atoms with van der Waals surface area (Å²) >= 11 is 6.41. The van der Waals surface area contributed by atoms with Gasteiger partial charge in [0, 0.05) is 35.0 Å². The molecule has 5 atom stereocenters. The van der Waals surface area contributed by atoms with Gasteiger partial charge in [0.25, 0.3) is 5.91 Å². The zero-order valence-electron chi connectivity index (χ0n) is 25.2. The molecule has 2 aromatic rings. The summed E-state index contributed by atoms with van der Waals surface area (Å²) < 4.78 is 35.5. The van der Waals surface area contributed by atoms with E-state index in [1.165, 1.54) is 11.1 Å². The monoisotopic (exact) mass is 626 g/mol. The van der Waals surface area contributed by atoms with Crippen LogP contribution in [0.5, 0.6) is 5.75 Å². The lowest BCUT2D eigenvalue weighted by Crippen LogP contribution is -2.53. The number of carbonyl (C=O) groups excluding carboxylic acids is 2. The first kappa shape index (κ1) is 30.4. The van der Waals surface area contributed by atoms with Gasteiger partial charge in [0.2, 0.25) is 10.0 Å². The van der Waals surface area contributed by atoms with Gasteiger partial charge in [-0.25, -0.2) is 13.1 Å². The summed E-state index contributed by atoms with van der Waals surface area (Å²) in [5, 5.41) is 0.0766. The minimum Gasteiger partial charge on any atom is -0.490 e. The van der Waals surface area contributed by atoms with Gasteiger partial charge in [-0.3, -0.25) is 4.79 Å². The molecule has 1 fully saturated rings. The average Bonchev–Trinajstić information content (AvgIpc) is 3.11. The summed E-state index contributed by atoms with van der Waals surface area (Å²) in [6.45, 7) is 6.07. The molecule has 6 rings (SSSR count). The molecule has 9 heteroatoms. The number of anilines is 1. The molecule has 0 saturated heterocycles. The van der Waals surface area contributed by atoms with Gasteiger partial charge in [-0.15, -0.1) is 0 Å². The number of ether oxygens (including phenoxy) is 1. The molecule has 2 aromatic carbocycles. The lowest BCUT2D eigenvalue weighted by atomic mass is 9.56. The van der Waals surface area contributed by atoms with Crippen LogP contribution in [0.1, 0.15) is 93.1 Å². The maximum atomic E-state index is 13.4. The normalized spacial score (nSPS) is 32.3. The standard InChI is InChI=1S/C34H43ClN2O5S/c1-3-27-9-5-4-7-25(19-38)28-14-16-33(28,2)20-37-21-34(15-6-8-23-17-26(35)11-12-29(23)34)22-42-31-13-10-24(18-30(31)37)32(39)36-43(27,40)41/h10-13,17-19,25,27-28H,3-9,14-16,20-22H2,1-2H3,(H,36,39)/t25?,27-,28+,33?,34+/m1/s1. The van der Waals surface area contributed by atoms with Crippen LogP contribution in [0.4, 0.5) is 5.69 Å². The number of hydrogen-bond donors (Lipinski definition) is 1. The number of rotatable bonds is 2. The van der Waals surface area contributed by atoms with Crippen molar-refractivity contribution in [3.05, 3.63) is 58.1 Å². The van der Waals surface area contributed by atoms with Crippen molar-refractivity contribution in [2.45, 2.75) is 88.7 Å². The Morgan fingerprint density at radius 1 is 1.07 bits per heavy atom. The first-order valence-corrected chi connectivity index (χ1v) is 17.8. The number of aryl methyl sites for hydroxylation is 1. The van der Waals surface area contributed by atoms with Crippen LogP contribution < -0.4 is 14.4 Å². The third kappa shape index (κ3) is 5.70. The molecular weight excluding hydrogens is 584 g/mol. The maximum absolute atomic E-state index is 13.4. The third-order valence-corrected chi connectivity index (χ3v) is 13.1. The van der Waals surface area contributed by atoms with Crippen molar-refractivity contribution in [1.29, 1.82) is 0 Å². The quantitative estimate of drug-likeness (QED) is 0.385. The summed E-state index contributed by atoms with van der Waals surface area (Å²) in [7, 11) is -3.86. The van der Waals surface area contributed by atoms with Crippen molar-refractivity contribution < 1.29 is 22.7 Å². The maximum Gasteiger partial charge on any atom is 0.264 e. The number of fused-ring (bicyclic) bond motifs is 4. The van der Waals surface area contributed by atoms with E-state index in [1.54, 1.807) is 12.1 Å². The van der Waals surface area contributed by atoms with Crippen molar-refractivity contribution in [2.75, 3.05) is 24.6 Å². The number of hydrogen-bond acceptors (Lipinski definition) is 6. The Balaban J connectivity index is 1.44. The fraction of sp³-hybridized carbons (Fsp3) is 0.588. The molecule has 1 N–H and O–H groups in total. The van der Waals surface area contributed by atoms with Crippen LogP contribution in [0.25, 0.3) is 0 Å². The van der Waals surface area contributed by atoms with Gasteiger partial charge in [-0.1, -0.05) is 44.4 Å². The van der Waals surface area contributed by atoms with Crippen molar-refractivity contribution in [2.24, 2.45) is 17.3 Å². The second-order valence-electron chi connectivity index (χ2n) is 13.7. The first-order chi connectivity index (χ1) is 20.6. The van der Waals surface area contributed by atoms with E-state index in [1.807, 2.05) is 19.1 Å². The highest BCUT2D eigenvalue weighted by molar-refractivity contribution is 7.90. The Morgan fingerprint density at radius 2 is 1.88 bits per heavy atom. The van der Waals surface area contributed by atoms with E-state index in [2.05, 4.69) is 28.7 Å². The molecule has 1 saturated carbocycles. The molecule has 0 aromatic heterocycles. The predicted octanol–water partition coefficient (Wildman–Crippen LogP) is 6.46. The van der Waals surface area contributed by atoms with E-state index in [-0.39, 0.29) is 22.7 Å². The first-order valence-electron chi connectivity index (χ1n) is 15.9. The van der Waals surface area contributed by atoms with Gasteiger partial charge in [0.15, 0.2) is 0 Å². The lowest BCUT2D eigenvalue weighted by molar-refractivity contribution is -0.118. The summed E-state index contributed by atoms with van der Waals surface area (Å²) in [6, 6.07) is 11.5. The van der Waals surface area contributed by atoms with Crippen molar-refractivity contribution in [3.63, 3.8) is 0 Å². The Bertz CT molecular complexity index is 1510. The van der Waals surface area contributed by atoms with Crippen molar-refractivity contribution >= 4 is 39.5 Å². The highest BCUT2D eigenvalue weighted by atomic mass is 35.5. The zero-order chi connectivity index (χ0) is 30.4. The minimum atomic E-state index is -3.86. The number of sulfonamides is 1. The number of nitrogens with one attached hydrogen (secondary N) is 1. The van der Waals surface area contributed by atoms with Gasteiger partial charge in [0.1, 0.15) is 12.0 Å².